The summed E-state index contributed by atoms with van der Waals surface area (Å²) in [5.41, 5.74) is 1.70. The van der Waals surface area contributed by atoms with Crippen LogP contribution in [-0.4, -0.2) is 62.2 Å². The first-order valence-electron chi connectivity index (χ1n) is 9.58. The number of carbonyl (C=O) groups is 1. The van der Waals surface area contributed by atoms with E-state index in [4.69, 9.17) is 9.72 Å². The molecule has 0 bridgehead atoms. The maximum Gasteiger partial charge on any atom is 0.251 e. The van der Waals surface area contributed by atoms with E-state index in [9.17, 15) is 4.79 Å². The van der Waals surface area contributed by atoms with E-state index in [0.29, 0.717) is 12.1 Å². The lowest BCUT2D eigenvalue weighted by Gasteiger charge is -2.34. The van der Waals surface area contributed by atoms with Crippen LogP contribution in [0, 0.1) is 0 Å². The minimum Gasteiger partial charge on any atom is -0.497 e. The van der Waals surface area contributed by atoms with E-state index in [1.54, 1.807) is 18.4 Å². The van der Waals surface area contributed by atoms with E-state index in [0.717, 1.165) is 58.3 Å². The number of thiazole rings is 1. The molecule has 1 aliphatic heterocycles. The second-order valence-electron chi connectivity index (χ2n) is 6.92. The number of benzene rings is 2. The van der Waals surface area contributed by atoms with Crippen LogP contribution in [-0.2, 0) is 0 Å². The van der Waals surface area contributed by atoms with Gasteiger partial charge in [0.15, 0.2) is 5.13 Å². The number of piperazine rings is 1. The predicted molar refractivity (Wildman–Crippen MR) is 121 cm³/mol. The standard InChI is InChI=1S/C21H23BrN4O2S/c1-28-17-6-7-18-19(14-17)29-21(24-18)26-12-10-25(11-13-26)9-8-23-20(27)15-2-4-16(22)5-3-15/h2-7,14H,8-13H2,1H3,(H,23,27). The summed E-state index contributed by atoms with van der Waals surface area (Å²) in [5.74, 6) is 0.837. The van der Waals surface area contributed by atoms with Crippen molar-refractivity contribution in [2.24, 2.45) is 0 Å². The highest BCUT2D eigenvalue weighted by molar-refractivity contribution is 9.10. The number of amides is 1. The van der Waals surface area contributed by atoms with Gasteiger partial charge < -0.3 is 15.0 Å². The second kappa shape index (κ2) is 9.11. The van der Waals surface area contributed by atoms with Crippen LogP contribution >= 0.6 is 27.3 Å². The number of nitrogens with zero attached hydrogens (tertiary/aromatic N) is 3. The van der Waals surface area contributed by atoms with E-state index in [1.807, 2.05) is 42.5 Å². The topological polar surface area (TPSA) is 57.7 Å². The molecule has 1 amide bonds. The first kappa shape index (κ1) is 20.1. The molecule has 152 valence electrons. The second-order valence-corrected chi connectivity index (χ2v) is 8.85. The molecule has 1 N–H and O–H groups in total. The monoisotopic (exact) mass is 474 g/mol. The molecule has 1 aliphatic rings. The third-order valence-electron chi connectivity index (χ3n) is 5.05. The van der Waals surface area contributed by atoms with Crippen LogP contribution in [0.3, 0.4) is 0 Å². The zero-order valence-corrected chi connectivity index (χ0v) is 18.6. The minimum absolute atomic E-state index is 0.0268. The van der Waals surface area contributed by atoms with Crippen molar-refractivity contribution in [3.05, 3.63) is 52.5 Å². The zero-order valence-electron chi connectivity index (χ0n) is 16.2. The molecule has 6 nitrogen and oxygen atoms in total. The van der Waals surface area contributed by atoms with Gasteiger partial charge in [-0.05, 0) is 42.5 Å². The van der Waals surface area contributed by atoms with Crippen LogP contribution < -0.4 is 15.0 Å². The highest BCUT2D eigenvalue weighted by atomic mass is 79.9. The highest BCUT2D eigenvalue weighted by Gasteiger charge is 2.20. The summed E-state index contributed by atoms with van der Waals surface area (Å²) in [4.78, 5) is 21.7. The lowest BCUT2D eigenvalue weighted by Crippen LogP contribution is -2.48. The molecule has 29 heavy (non-hydrogen) atoms. The van der Waals surface area contributed by atoms with Gasteiger partial charge in [0, 0.05) is 49.3 Å². The van der Waals surface area contributed by atoms with Crippen molar-refractivity contribution in [2.75, 3.05) is 51.3 Å². The van der Waals surface area contributed by atoms with Crippen LogP contribution in [0.15, 0.2) is 46.9 Å². The van der Waals surface area contributed by atoms with Crippen LogP contribution in [0.1, 0.15) is 10.4 Å². The summed E-state index contributed by atoms with van der Waals surface area (Å²) in [6.07, 6.45) is 0. The predicted octanol–water partition coefficient (Wildman–Crippen LogP) is 3.62. The summed E-state index contributed by atoms with van der Waals surface area (Å²) in [5, 5.41) is 4.07. The number of nitrogens with one attached hydrogen (secondary N) is 1. The molecule has 1 aromatic heterocycles. The van der Waals surface area contributed by atoms with E-state index in [1.165, 1.54) is 0 Å². The average Bonchev–Trinajstić information content (AvgIpc) is 3.18. The lowest BCUT2D eigenvalue weighted by atomic mass is 10.2. The van der Waals surface area contributed by atoms with Crippen molar-refractivity contribution in [2.45, 2.75) is 0 Å². The average molecular weight is 475 g/mol. The third-order valence-corrected chi connectivity index (χ3v) is 6.65. The number of fused-ring (bicyclic) bond motifs is 1. The van der Waals surface area contributed by atoms with Crippen LogP contribution in [0.5, 0.6) is 5.75 Å². The quantitative estimate of drug-likeness (QED) is 0.591. The van der Waals surface area contributed by atoms with Crippen molar-refractivity contribution in [3.63, 3.8) is 0 Å². The summed E-state index contributed by atoms with van der Waals surface area (Å²) < 4.78 is 7.43. The number of carbonyl (C=O) groups excluding carboxylic acids is 1. The van der Waals surface area contributed by atoms with Crippen LogP contribution in [0.2, 0.25) is 0 Å². The molecular formula is C21H23BrN4O2S. The molecule has 0 unspecified atom stereocenters. The SMILES string of the molecule is COc1ccc2nc(N3CCN(CCNC(=O)c4ccc(Br)cc4)CC3)sc2c1. The normalized spacial score (nSPS) is 14.9. The van der Waals surface area contributed by atoms with Gasteiger partial charge in [-0.2, -0.15) is 0 Å². The molecule has 4 rings (SSSR count). The fraction of sp³-hybridized carbons (Fsp3) is 0.333. The number of hydrogen-bond donors (Lipinski definition) is 1. The summed E-state index contributed by atoms with van der Waals surface area (Å²) in [6, 6.07) is 13.4. The van der Waals surface area contributed by atoms with Crippen molar-refractivity contribution in [1.82, 2.24) is 15.2 Å². The fourth-order valence-corrected chi connectivity index (χ4v) is 4.66. The van der Waals surface area contributed by atoms with Gasteiger partial charge in [0.25, 0.3) is 5.91 Å². The van der Waals surface area contributed by atoms with Crippen molar-refractivity contribution >= 4 is 48.5 Å². The minimum atomic E-state index is -0.0268. The Morgan fingerprint density at radius 3 is 2.66 bits per heavy atom. The van der Waals surface area contributed by atoms with Crippen LogP contribution in [0.25, 0.3) is 10.2 Å². The zero-order chi connectivity index (χ0) is 20.2. The number of aromatic nitrogens is 1. The van der Waals surface area contributed by atoms with E-state index < -0.39 is 0 Å². The largest absolute Gasteiger partial charge is 0.497 e. The van der Waals surface area contributed by atoms with Gasteiger partial charge in [-0.3, -0.25) is 9.69 Å². The first-order chi connectivity index (χ1) is 14.1. The number of ether oxygens (including phenoxy) is 1. The molecule has 2 aromatic carbocycles. The van der Waals surface area contributed by atoms with Gasteiger partial charge in [-0.15, -0.1) is 0 Å². The Morgan fingerprint density at radius 1 is 1.17 bits per heavy atom. The first-order valence-corrected chi connectivity index (χ1v) is 11.2. The number of methoxy groups -OCH3 is 1. The van der Waals surface area contributed by atoms with Gasteiger partial charge >= 0.3 is 0 Å². The Balaban J connectivity index is 1.25. The van der Waals surface area contributed by atoms with E-state index in [2.05, 4.69) is 31.0 Å². The van der Waals surface area contributed by atoms with E-state index >= 15 is 0 Å². The summed E-state index contributed by atoms with van der Waals surface area (Å²) in [7, 11) is 1.68. The Hall–Kier alpha value is -2.16. The highest BCUT2D eigenvalue weighted by Crippen LogP contribution is 2.31. The Bertz CT molecular complexity index is 984. The molecule has 0 atom stereocenters. The molecule has 0 saturated carbocycles. The fourth-order valence-electron chi connectivity index (χ4n) is 3.35. The molecule has 3 aromatic rings. The maximum atomic E-state index is 12.2. The number of rotatable bonds is 6. The molecular weight excluding hydrogens is 452 g/mol. The lowest BCUT2D eigenvalue weighted by molar-refractivity contribution is 0.0948. The molecule has 0 radical (unpaired) electrons. The van der Waals surface area contributed by atoms with Crippen LogP contribution in [0.4, 0.5) is 5.13 Å². The van der Waals surface area contributed by atoms with Gasteiger partial charge in [0.05, 0.1) is 17.3 Å². The number of hydrogen-bond acceptors (Lipinski definition) is 6. The van der Waals surface area contributed by atoms with Gasteiger partial charge in [0.2, 0.25) is 0 Å². The molecule has 1 fully saturated rings. The Labute approximate surface area is 182 Å². The van der Waals surface area contributed by atoms with Gasteiger partial charge in [-0.25, -0.2) is 4.98 Å². The van der Waals surface area contributed by atoms with Crippen molar-refractivity contribution < 1.29 is 9.53 Å². The van der Waals surface area contributed by atoms with Gasteiger partial charge in [0.1, 0.15) is 5.75 Å². The smallest absolute Gasteiger partial charge is 0.251 e. The molecule has 2 heterocycles. The molecule has 8 heteroatoms. The number of anilines is 1. The Morgan fingerprint density at radius 2 is 1.93 bits per heavy atom. The maximum absolute atomic E-state index is 12.2. The van der Waals surface area contributed by atoms with Gasteiger partial charge in [-0.1, -0.05) is 27.3 Å². The molecule has 0 spiro atoms. The van der Waals surface area contributed by atoms with Crippen molar-refractivity contribution in [3.8, 4) is 5.75 Å². The van der Waals surface area contributed by atoms with E-state index in [-0.39, 0.29) is 5.91 Å². The third kappa shape index (κ3) is 4.88. The van der Waals surface area contributed by atoms with Crippen molar-refractivity contribution in [1.29, 1.82) is 0 Å². The Kier molecular flexibility index (Phi) is 6.32. The summed E-state index contributed by atoms with van der Waals surface area (Å²) >= 11 is 5.10. The summed E-state index contributed by atoms with van der Waals surface area (Å²) in [6.45, 7) is 5.32. The molecule has 1 saturated heterocycles. The molecule has 0 aliphatic carbocycles. The number of halogens is 1.